The van der Waals surface area contributed by atoms with E-state index in [2.05, 4.69) is 9.97 Å². The third kappa shape index (κ3) is 5.70. The Balaban J connectivity index is 1.95. The summed E-state index contributed by atoms with van der Waals surface area (Å²) in [6.45, 7) is 11.1. The van der Waals surface area contributed by atoms with Crippen LogP contribution in [-0.4, -0.2) is 58.4 Å². The average molecular weight is 599 g/mol. The van der Waals surface area contributed by atoms with Gasteiger partial charge in [0.1, 0.15) is 0 Å². The monoisotopic (exact) mass is 598 g/mol. The van der Waals surface area contributed by atoms with Crippen LogP contribution in [0.5, 0.6) is 0 Å². The summed E-state index contributed by atoms with van der Waals surface area (Å²) in [5.74, 6) is -1.83. The SMILES string of the molecule is CC1=C(CCC(=O)O)c2cc3[nH]c(cc4nc(cc5[nH]c(cc1n2)c([C@H](C)O)c5C)C(C(C)O)=C4C)c(C)c3CCC(=O)O. The van der Waals surface area contributed by atoms with Crippen LogP contribution < -0.4 is 0 Å². The number of aromatic nitrogens is 4. The zero-order valence-corrected chi connectivity index (χ0v) is 25.8. The van der Waals surface area contributed by atoms with Gasteiger partial charge in [0.2, 0.25) is 0 Å². The Morgan fingerprint density at radius 2 is 1.20 bits per heavy atom. The van der Waals surface area contributed by atoms with Crippen molar-refractivity contribution in [2.75, 3.05) is 0 Å². The van der Waals surface area contributed by atoms with Gasteiger partial charge >= 0.3 is 11.9 Å². The van der Waals surface area contributed by atoms with Crippen LogP contribution in [0.2, 0.25) is 0 Å². The molecular weight excluding hydrogens is 560 g/mol. The quantitative estimate of drug-likeness (QED) is 0.180. The lowest BCUT2D eigenvalue weighted by Crippen LogP contribution is -2.02. The molecule has 44 heavy (non-hydrogen) atoms. The van der Waals surface area contributed by atoms with E-state index in [9.17, 15) is 30.0 Å². The molecule has 2 aliphatic heterocycles. The minimum atomic E-state index is -0.917. The minimum Gasteiger partial charge on any atom is -0.481 e. The van der Waals surface area contributed by atoms with Gasteiger partial charge in [0, 0.05) is 46.0 Å². The van der Waals surface area contributed by atoms with Crippen molar-refractivity contribution in [2.45, 2.75) is 79.4 Å². The van der Waals surface area contributed by atoms with Crippen LogP contribution in [0.25, 0.3) is 44.4 Å². The first kappa shape index (κ1) is 30.9. The first-order chi connectivity index (χ1) is 20.8. The van der Waals surface area contributed by atoms with Gasteiger partial charge in [-0.1, -0.05) is 0 Å². The zero-order chi connectivity index (χ0) is 32.0. The Morgan fingerprint density at radius 1 is 0.682 bits per heavy atom. The molecule has 5 rings (SSSR count). The Hall–Kier alpha value is -4.54. The van der Waals surface area contributed by atoms with E-state index in [1.165, 1.54) is 0 Å². The number of aliphatic hydroxyl groups is 2. The molecule has 6 N–H and O–H groups in total. The summed E-state index contributed by atoms with van der Waals surface area (Å²) in [4.78, 5) is 39.8. The number of aryl methyl sites for hydroxylation is 3. The summed E-state index contributed by atoms with van der Waals surface area (Å²) in [6, 6.07) is 7.51. The minimum absolute atomic E-state index is 0.0628. The van der Waals surface area contributed by atoms with E-state index >= 15 is 0 Å². The van der Waals surface area contributed by atoms with Gasteiger partial charge in [-0.3, -0.25) is 9.59 Å². The molecule has 0 saturated carbocycles. The summed E-state index contributed by atoms with van der Waals surface area (Å²) < 4.78 is 0. The summed E-state index contributed by atoms with van der Waals surface area (Å²) in [5.41, 5.74) is 11.7. The van der Waals surface area contributed by atoms with Gasteiger partial charge in [0.05, 0.1) is 35.0 Å². The standard InChI is InChI=1S/C34H38N4O6/c1-15-21(7-9-31(41)42)27-14-28-22(8-10-32(43)44)16(2)24(36-28)12-29-34(20(6)40)18(4)26(38-29)13-30-33(19(5)39)17(3)25(37-30)11-23(15)35-27/h11-14,19-20,35,38-40H,7-10H2,1-6H3,(H,41,42)(H,43,44)/t19?,20-/m0/s1. The Bertz CT molecular complexity index is 1920. The van der Waals surface area contributed by atoms with E-state index in [0.717, 1.165) is 44.4 Å². The second-order valence-electron chi connectivity index (χ2n) is 11.7. The molecule has 0 amide bonds. The first-order valence-electron chi connectivity index (χ1n) is 14.7. The van der Waals surface area contributed by atoms with E-state index in [1.807, 2.05) is 52.0 Å². The Kier molecular flexibility index (Phi) is 8.33. The third-order valence-electron chi connectivity index (χ3n) is 8.65. The second-order valence-corrected chi connectivity index (χ2v) is 11.7. The molecule has 3 aromatic rings. The topological polar surface area (TPSA) is 172 Å². The number of nitrogens with zero attached hydrogens (tertiary/aromatic N) is 2. The normalized spacial score (nSPS) is 14.7. The Labute approximate surface area is 254 Å². The van der Waals surface area contributed by atoms with Crippen molar-refractivity contribution in [2.24, 2.45) is 0 Å². The predicted molar refractivity (Wildman–Crippen MR) is 171 cm³/mol. The lowest BCUT2D eigenvalue weighted by atomic mass is 9.99. The maximum Gasteiger partial charge on any atom is 0.303 e. The number of carboxylic acids is 2. The van der Waals surface area contributed by atoms with Gasteiger partial charge in [0.15, 0.2) is 0 Å². The molecule has 10 heteroatoms. The molecular formula is C34H38N4O6. The van der Waals surface area contributed by atoms with Gasteiger partial charge in [-0.2, -0.15) is 0 Å². The maximum absolute atomic E-state index is 11.6. The van der Waals surface area contributed by atoms with Crippen LogP contribution in [0, 0.1) is 13.8 Å². The molecule has 0 spiro atoms. The molecule has 2 aliphatic rings. The number of hydrogen-bond donors (Lipinski definition) is 6. The lowest BCUT2D eigenvalue weighted by Gasteiger charge is -2.07. The summed E-state index contributed by atoms with van der Waals surface area (Å²) in [6.07, 6.45) is -1.16. The van der Waals surface area contributed by atoms with Crippen molar-refractivity contribution in [3.8, 4) is 0 Å². The van der Waals surface area contributed by atoms with Gasteiger partial charge in [-0.25, -0.2) is 9.97 Å². The largest absolute Gasteiger partial charge is 0.481 e. The molecule has 230 valence electrons. The number of aliphatic carboxylic acids is 2. The molecule has 3 aromatic heterocycles. The fourth-order valence-electron chi connectivity index (χ4n) is 6.31. The fraction of sp³-hybridized carbons (Fsp3) is 0.353. The van der Waals surface area contributed by atoms with Crippen LogP contribution in [0.4, 0.5) is 0 Å². The molecule has 0 saturated heterocycles. The van der Waals surface area contributed by atoms with Crippen LogP contribution >= 0.6 is 0 Å². The predicted octanol–water partition coefficient (Wildman–Crippen LogP) is 6.11. The van der Waals surface area contributed by atoms with Gasteiger partial charge in [-0.15, -0.1) is 0 Å². The molecule has 0 fully saturated rings. The number of nitrogens with one attached hydrogen (secondary N) is 2. The van der Waals surface area contributed by atoms with E-state index in [1.54, 1.807) is 13.8 Å². The summed E-state index contributed by atoms with van der Waals surface area (Å²) in [7, 11) is 0. The highest BCUT2D eigenvalue weighted by atomic mass is 16.4. The number of hydrogen-bond acceptors (Lipinski definition) is 6. The molecule has 0 radical (unpaired) electrons. The Morgan fingerprint density at radius 3 is 1.84 bits per heavy atom. The first-order valence-corrected chi connectivity index (χ1v) is 14.7. The lowest BCUT2D eigenvalue weighted by molar-refractivity contribution is -0.137. The van der Waals surface area contributed by atoms with E-state index in [0.29, 0.717) is 44.9 Å². The number of aliphatic hydroxyl groups excluding tert-OH is 2. The van der Waals surface area contributed by atoms with Crippen molar-refractivity contribution >= 4 is 56.3 Å². The highest BCUT2D eigenvalue weighted by Gasteiger charge is 2.23. The van der Waals surface area contributed by atoms with Crippen LogP contribution in [0.15, 0.2) is 24.3 Å². The van der Waals surface area contributed by atoms with Gasteiger partial charge in [0.25, 0.3) is 0 Å². The number of aromatic amines is 2. The van der Waals surface area contributed by atoms with Crippen LogP contribution in [0.3, 0.4) is 0 Å². The van der Waals surface area contributed by atoms with E-state index < -0.39 is 24.1 Å². The maximum atomic E-state index is 11.6. The van der Waals surface area contributed by atoms with E-state index in [4.69, 9.17) is 9.97 Å². The molecule has 2 atom stereocenters. The van der Waals surface area contributed by atoms with Crippen LogP contribution in [-0.2, 0) is 16.0 Å². The fourth-order valence-corrected chi connectivity index (χ4v) is 6.31. The zero-order valence-electron chi connectivity index (χ0n) is 25.8. The average Bonchev–Trinajstić information content (AvgIpc) is 3.59. The summed E-state index contributed by atoms with van der Waals surface area (Å²) >= 11 is 0. The molecule has 1 unspecified atom stereocenters. The highest BCUT2D eigenvalue weighted by Crippen LogP contribution is 2.37. The molecule has 0 aliphatic carbocycles. The number of rotatable bonds is 8. The number of allylic oxidation sites excluding steroid dienone is 3. The van der Waals surface area contributed by atoms with Crippen molar-refractivity contribution in [3.63, 3.8) is 0 Å². The summed E-state index contributed by atoms with van der Waals surface area (Å²) in [5, 5.41) is 40.5. The number of carbonyl (C=O) groups is 2. The van der Waals surface area contributed by atoms with Gasteiger partial charge < -0.3 is 30.4 Å². The van der Waals surface area contributed by atoms with Crippen molar-refractivity contribution in [1.82, 2.24) is 19.9 Å². The molecule has 5 heterocycles. The van der Waals surface area contributed by atoms with Crippen LogP contribution in [0.1, 0.15) is 98.1 Å². The van der Waals surface area contributed by atoms with E-state index in [-0.39, 0.29) is 25.7 Å². The number of carboxylic acid groups (broad SMARTS) is 2. The van der Waals surface area contributed by atoms with Crippen molar-refractivity contribution in [1.29, 1.82) is 0 Å². The number of fused-ring (bicyclic) bond motifs is 8. The molecule has 0 aromatic carbocycles. The molecule has 8 bridgehead atoms. The third-order valence-corrected chi connectivity index (χ3v) is 8.65. The van der Waals surface area contributed by atoms with Gasteiger partial charge in [-0.05, 0) is 112 Å². The van der Waals surface area contributed by atoms with Crippen molar-refractivity contribution < 1.29 is 30.0 Å². The smallest absolute Gasteiger partial charge is 0.303 e. The van der Waals surface area contributed by atoms with Crippen molar-refractivity contribution in [3.05, 3.63) is 69.3 Å². The number of H-pyrrole nitrogens is 2. The molecule has 10 nitrogen and oxygen atoms in total. The second kappa shape index (κ2) is 11.9. The highest BCUT2D eigenvalue weighted by molar-refractivity contribution is 5.96.